The molecule has 1 aromatic rings. The van der Waals surface area contributed by atoms with Gasteiger partial charge in [-0.15, -0.1) is 0 Å². The first-order chi connectivity index (χ1) is 8.66. The van der Waals surface area contributed by atoms with Crippen LogP contribution in [0, 0.1) is 5.92 Å². The highest BCUT2D eigenvalue weighted by molar-refractivity contribution is 5.94. The number of amides is 1. The average Bonchev–Trinajstić information content (AvgIpc) is 2.40. The largest absolute Gasteiger partial charge is 0.349 e. The van der Waals surface area contributed by atoms with E-state index < -0.39 is 0 Å². The van der Waals surface area contributed by atoms with Crippen molar-refractivity contribution in [2.45, 2.75) is 25.8 Å². The van der Waals surface area contributed by atoms with Crippen molar-refractivity contribution in [3.8, 4) is 0 Å². The van der Waals surface area contributed by atoms with E-state index in [1.54, 1.807) is 0 Å². The number of nitrogens with zero attached hydrogens (tertiary/aromatic N) is 1. The maximum atomic E-state index is 12.0. The average molecular weight is 246 g/mol. The second-order valence-electron chi connectivity index (χ2n) is 5.27. The highest BCUT2D eigenvalue weighted by Gasteiger charge is 2.23. The summed E-state index contributed by atoms with van der Waals surface area (Å²) in [6.07, 6.45) is 2.35. The van der Waals surface area contributed by atoms with Gasteiger partial charge >= 0.3 is 0 Å². The Morgan fingerprint density at radius 3 is 2.50 bits per heavy atom. The molecule has 18 heavy (non-hydrogen) atoms. The number of carbonyl (C=O) groups is 1. The summed E-state index contributed by atoms with van der Waals surface area (Å²) in [6, 6.07) is 9.70. The predicted octanol–water partition coefficient (Wildman–Crippen LogP) is 2.15. The van der Waals surface area contributed by atoms with Gasteiger partial charge < -0.3 is 10.2 Å². The van der Waals surface area contributed by atoms with Crippen molar-refractivity contribution in [1.82, 2.24) is 10.2 Å². The molecule has 2 rings (SSSR count). The number of rotatable bonds is 3. The Kier molecular flexibility index (Phi) is 4.37. The van der Waals surface area contributed by atoms with Crippen LogP contribution in [-0.2, 0) is 0 Å². The molecule has 1 unspecified atom stereocenters. The summed E-state index contributed by atoms with van der Waals surface area (Å²) in [6.45, 7) is 4.39. The first-order valence-electron chi connectivity index (χ1n) is 6.71. The molecule has 3 nitrogen and oxygen atoms in total. The molecule has 1 aliphatic rings. The Labute approximate surface area is 109 Å². The molecule has 0 spiro atoms. The lowest BCUT2D eigenvalue weighted by Crippen LogP contribution is -2.43. The Morgan fingerprint density at radius 2 is 1.89 bits per heavy atom. The minimum absolute atomic E-state index is 0.0435. The molecule has 0 bridgehead atoms. The number of hydrogen-bond acceptors (Lipinski definition) is 2. The van der Waals surface area contributed by atoms with Gasteiger partial charge in [-0.1, -0.05) is 18.2 Å². The fraction of sp³-hybridized carbons (Fsp3) is 0.533. The first kappa shape index (κ1) is 13.1. The van der Waals surface area contributed by atoms with Crippen LogP contribution in [0.1, 0.15) is 30.1 Å². The number of piperidine rings is 1. The molecule has 1 atom stereocenters. The molecule has 1 saturated heterocycles. The standard InChI is InChI=1S/C15H22N2O/c1-12(13-8-10-17(2)11-9-13)16-15(18)14-6-4-3-5-7-14/h3-7,12-13H,8-11H2,1-2H3,(H,16,18). The summed E-state index contributed by atoms with van der Waals surface area (Å²) >= 11 is 0. The Bertz CT molecular complexity index is 383. The van der Waals surface area contributed by atoms with E-state index in [1.165, 1.54) is 12.8 Å². The van der Waals surface area contributed by atoms with Crippen molar-refractivity contribution in [2.24, 2.45) is 5.92 Å². The molecule has 0 aromatic heterocycles. The molecule has 0 saturated carbocycles. The van der Waals surface area contributed by atoms with Gasteiger partial charge in [0.15, 0.2) is 0 Å². The van der Waals surface area contributed by atoms with Gasteiger partial charge in [-0.05, 0) is 58.0 Å². The number of carbonyl (C=O) groups excluding carboxylic acids is 1. The van der Waals surface area contributed by atoms with Crippen LogP contribution in [0.25, 0.3) is 0 Å². The third-order valence-electron chi connectivity index (χ3n) is 3.87. The smallest absolute Gasteiger partial charge is 0.251 e. The highest BCUT2D eigenvalue weighted by Crippen LogP contribution is 2.19. The lowest BCUT2D eigenvalue weighted by molar-refractivity contribution is 0.0909. The maximum Gasteiger partial charge on any atom is 0.251 e. The Balaban J connectivity index is 1.87. The zero-order chi connectivity index (χ0) is 13.0. The van der Waals surface area contributed by atoms with Crippen LogP contribution in [-0.4, -0.2) is 37.0 Å². The second-order valence-corrected chi connectivity index (χ2v) is 5.27. The highest BCUT2D eigenvalue weighted by atomic mass is 16.1. The topological polar surface area (TPSA) is 32.3 Å². The van der Waals surface area contributed by atoms with Crippen LogP contribution in [0.5, 0.6) is 0 Å². The summed E-state index contributed by atoms with van der Waals surface area (Å²) in [7, 11) is 2.16. The third kappa shape index (κ3) is 3.33. The minimum atomic E-state index is 0.0435. The summed E-state index contributed by atoms with van der Waals surface area (Å²) in [5.41, 5.74) is 0.747. The van der Waals surface area contributed by atoms with Crippen LogP contribution >= 0.6 is 0 Å². The van der Waals surface area contributed by atoms with E-state index in [2.05, 4.69) is 24.2 Å². The number of nitrogens with one attached hydrogen (secondary N) is 1. The van der Waals surface area contributed by atoms with E-state index in [0.717, 1.165) is 18.7 Å². The normalized spacial score (nSPS) is 19.4. The lowest BCUT2D eigenvalue weighted by atomic mass is 9.90. The minimum Gasteiger partial charge on any atom is -0.349 e. The first-order valence-corrected chi connectivity index (χ1v) is 6.71. The van der Waals surface area contributed by atoms with Crippen molar-refractivity contribution >= 4 is 5.91 Å². The van der Waals surface area contributed by atoms with Crippen molar-refractivity contribution in [3.63, 3.8) is 0 Å². The van der Waals surface area contributed by atoms with Crippen LogP contribution < -0.4 is 5.32 Å². The summed E-state index contributed by atoms with van der Waals surface area (Å²) in [5.74, 6) is 0.649. The molecule has 1 amide bonds. The SMILES string of the molecule is CC(NC(=O)c1ccccc1)C1CCN(C)CC1. The van der Waals surface area contributed by atoms with Gasteiger partial charge in [0.1, 0.15) is 0 Å². The van der Waals surface area contributed by atoms with E-state index in [4.69, 9.17) is 0 Å². The molecule has 0 radical (unpaired) electrons. The number of hydrogen-bond donors (Lipinski definition) is 1. The molecule has 98 valence electrons. The van der Waals surface area contributed by atoms with Crippen LogP contribution in [0.4, 0.5) is 0 Å². The van der Waals surface area contributed by atoms with Crippen molar-refractivity contribution in [3.05, 3.63) is 35.9 Å². The predicted molar refractivity (Wildman–Crippen MR) is 73.6 cm³/mol. The molecular weight excluding hydrogens is 224 g/mol. The molecule has 1 aliphatic heterocycles. The fourth-order valence-electron chi connectivity index (χ4n) is 2.53. The van der Waals surface area contributed by atoms with Crippen LogP contribution in [0.3, 0.4) is 0 Å². The van der Waals surface area contributed by atoms with Crippen LogP contribution in [0.2, 0.25) is 0 Å². The van der Waals surface area contributed by atoms with Crippen molar-refractivity contribution < 1.29 is 4.79 Å². The molecular formula is C15H22N2O. The summed E-state index contributed by atoms with van der Waals surface area (Å²) in [4.78, 5) is 14.4. The van der Waals surface area contributed by atoms with Gasteiger partial charge in [0.25, 0.3) is 5.91 Å². The maximum absolute atomic E-state index is 12.0. The second kappa shape index (κ2) is 6.01. The van der Waals surface area contributed by atoms with Gasteiger partial charge in [-0.25, -0.2) is 0 Å². The van der Waals surface area contributed by atoms with Crippen LogP contribution in [0.15, 0.2) is 30.3 Å². The summed E-state index contributed by atoms with van der Waals surface area (Å²) in [5, 5.41) is 3.12. The van der Waals surface area contributed by atoms with E-state index in [-0.39, 0.29) is 11.9 Å². The van der Waals surface area contributed by atoms with Crippen molar-refractivity contribution in [1.29, 1.82) is 0 Å². The molecule has 1 aromatic carbocycles. The van der Waals surface area contributed by atoms with E-state index in [1.807, 2.05) is 30.3 Å². The zero-order valence-electron chi connectivity index (χ0n) is 11.2. The van der Waals surface area contributed by atoms with E-state index in [9.17, 15) is 4.79 Å². The van der Waals surface area contributed by atoms with Gasteiger partial charge in [-0.2, -0.15) is 0 Å². The Hall–Kier alpha value is -1.35. The number of likely N-dealkylation sites (tertiary alicyclic amines) is 1. The van der Waals surface area contributed by atoms with Gasteiger partial charge in [0, 0.05) is 11.6 Å². The Morgan fingerprint density at radius 1 is 1.28 bits per heavy atom. The molecule has 1 heterocycles. The van der Waals surface area contributed by atoms with Gasteiger partial charge in [-0.3, -0.25) is 4.79 Å². The quantitative estimate of drug-likeness (QED) is 0.886. The monoisotopic (exact) mass is 246 g/mol. The molecule has 3 heteroatoms. The van der Waals surface area contributed by atoms with Crippen molar-refractivity contribution in [2.75, 3.05) is 20.1 Å². The lowest BCUT2D eigenvalue weighted by Gasteiger charge is -2.33. The summed E-state index contributed by atoms with van der Waals surface area (Å²) < 4.78 is 0. The number of benzene rings is 1. The zero-order valence-corrected chi connectivity index (χ0v) is 11.2. The molecule has 0 aliphatic carbocycles. The van der Waals surface area contributed by atoms with Gasteiger partial charge in [0.2, 0.25) is 0 Å². The van der Waals surface area contributed by atoms with E-state index >= 15 is 0 Å². The molecule has 1 N–H and O–H groups in total. The molecule has 1 fully saturated rings. The fourth-order valence-corrected chi connectivity index (χ4v) is 2.53. The van der Waals surface area contributed by atoms with Gasteiger partial charge in [0.05, 0.1) is 0 Å². The van der Waals surface area contributed by atoms with E-state index in [0.29, 0.717) is 5.92 Å². The third-order valence-corrected chi connectivity index (χ3v) is 3.87.